The quantitative estimate of drug-likeness (QED) is 0.346. The minimum Gasteiger partial charge on any atom is -0.494 e. The van der Waals surface area contributed by atoms with E-state index in [1.807, 2.05) is 27.7 Å². The number of fused-ring (bicyclic) bond motifs is 1. The van der Waals surface area contributed by atoms with Gasteiger partial charge in [-0.1, -0.05) is 44.0 Å². The molecule has 3 fully saturated rings. The Morgan fingerprint density at radius 1 is 1.12 bits per heavy atom. The number of halogens is 1. The molecule has 2 unspecified atom stereocenters. The summed E-state index contributed by atoms with van der Waals surface area (Å²) in [7, 11) is 0. The fourth-order valence-electron chi connectivity index (χ4n) is 7.02. The second-order valence-corrected chi connectivity index (χ2v) is 13.8. The number of nitrogens with one attached hydrogen (secondary N) is 2. The number of anilines is 2. The summed E-state index contributed by atoms with van der Waals surface area (Å²) in [6.45, 7) is 8.19. The largest absolute Gasteiger partial charge is 0.494 e. The first kappa shape index (κ1) is 29.7. The lowest BCUT2D eigenvalue weighted by atomic mass is 9.66. The highest BCUT2D eigenvalue weighted by atomic mass is 35.5. The molecule has 0 aromatic heterocycles. The van der Waals surface area contributed by atoms with Crippen LogP contribution in [0.1, 0.15) is 47.0 Å². The molecule has 5 rings (SSSR count). The molecule has 3 amide bonds. The van der Waals surface area contributed by atoms with Crippen LogP contribution in [0.5, 0.6) is 5.75 Å². The van der Waals surface area contributed by atoms with Crippen molar-refractivity contribution in [3.63, 3.8) is 0 Å². The van der Waals surface area contributed by atoms with E-state index in [2.05, 4.69) is 10.6 Å². The first-order valence-electron chi connectivity index (χ1n) is 14.3. The predicted octanol–water partition coefficient (Wildman–Crippen LogP) is 5.20. The van der Waals surface area contributed by atoms with Crippen molar-refractivity contribution < 1.29 is 24.2 Å². The van der Waals surface area contributed by atoms with Crippen molar-refractivity contribution in [1.29, 1.82) is 0 Å². The Morgan fingerprint density at radius 3 is 2.46 bits per heavy atom. The van der Waals surface area contributed by atoms with Gasteiger partial charge in [-0.25, -0.2) is 0 Å². The number of carbonyl (C=O) groups is 3. The molecule has 3 aliphatic rings. The van der Waals surface area contributed by atoms with Crippen molar-refractivity contribution in [2.75, 3.05) is 23.8 Å². The van der Waals surface area contributed by atoms with Crippen LogP contribution in [0, 0.1) is 17.8 Å². The van der Waals surface area contributed by atoms with Gasteiger partial charge in [0.1, 0.15) is 11.8 Å². The molecule has 2 aromatic carbocycles. The number of thioether (sulfide) groups is 1. The molecule has 3 heterocycles. The molecule has 2 aromatic rings. The molecule has 0 saturated carbocycles. The van der Waals surface area contributed by atoms with Crippen molar-refractivity contribution in [1.82, 2.24) is 4.90 Å². The summed E-state index contributed by atoms with van der Waals surface area (Å²) < 4.78 is 4.19. The van der Waals surface area contributed by atoms with Gasteiger partial charge in [-0.2, -0.15) is 0 Å². The van der Waals surface area contributed by atoms with E-state index in [1.54, 1.807) is 65.2 Å². The number of aliphatic hydroxyl groups excluding tert-OH is 1. The van der Waals surface area contributed by atoms with Crippen LogP contribution in [0.4, 0.5) is 11.4 Å². The number of hydrogen-bond acceptors (Lipinski definition) is 6. The van der Waals surface area contributed by atoms with Crippen LogP contribution in [0.3, 0.4) is 0 Å². The zero-order valence-electron chi connectivity index (χ0n) is 23.9. The number of aliphatic hydroxyl groups is 1. The van der Waals surface area contributed by atoms with Crippen LogP contribution in [0.15, 0.2) is 48.5 Å². The van der Waals surface area contributed by atoms with Crippen LogP contribution < -0.4 is 15.4 Å². The fourth-order valence-corrected chi connectivity index (χ4v) is 9.55. The Labute approximate surface area is 250 Å². The molecule has 2 bridgehead atoms. The van der Waals surface area contributed by atoms with Gasteiger partial charge < -0.3 is 25.4 Å². The van der Waals surface area contributed by atoms with Gasteiger partial charge >= 0.3 is 0 Å². The molecule has 7 atom stereocenters. The second kappa shape index (κ2) is 11.5. The number of carbonyl (C=O) groups excluding carboxylic acids is 3. The first-order chi connectivity index (χ1) is 19.6. The van der Waals surface area contributed by atoms with E-state index in [0.29, 0.717) is 41.6 Å². The normalized spacial score (nSPS) is 29.7. The molecule has 220 valence electrons. The fraction of sp³-hybridized carbons (Fsp3) is 0.516. The van der Waals surface area contributed by atoms with Gasteiger partial charge in [-0.15, -0.1) is 11.8 Å². The third kappa shape index (κ3) is 5.00. The Balaban J connectivity index is 1.52. The number of ether oxygens (including phenoxy) is 1. The predicted molar refractivity (Wildman–Crippen MR) is 162 cm³/mol. The maximum absolute atomic E-state index is 14.5. The molecule has 0 aliphatic carbocycles. The van der Waals surface area contributed by atoms with Crippen molar-refractivity contribution in [2.45, 2.75) is 68.5 Å². The number of benzene rings is 2. The van der Waals surface area contributed by atoms with Gasteiger partial charge in [0.2, 0.25) is 17.7 Å². The second-order valence-electron chi connectivity index (χ2n) is 11.5. The van der Waals surface area contributed by atoms with E-state index >= 15 is 0 Å². The van der Waals surface area contributed by atoms with Crippen LogP contribution in [0.25, 0.3) is 0 Å². The van der Waals surface area contributed by atoms with Gasteiger partial charge in [0, 0.05) is 10.4 Å². The monoisotopic (exact) mass is 599 g/mol. The lowest BCUT2D eigenvalue weighted by Gasteiger charge is -2.39. The zero-order valence-corrected chi connectivity index (χ0v) is 25.4. The molecule has 1 spiro atoms. The zero-order chi connectivity index (χ0) is 29.5. The molecular formula is C31H38ClN3O5S. The maximum Gasteiger partial charge on any atom is 0.248 e. The van der Waals surface area contributed by atoms with Crippen molar-refractivity contribution in [3.05, 3.63) is 53.6 Å². The number of likely N-dealkylation sites (tertiary alicyclic amines) is 1. The van der Waals surface area contributed by atoms with Crippen LogP contribution >= 0.6 is 23.4 Å². The van der Waals surface area contributed by atoms with E-state index < -0.39 is 33.4 Å². The average Bonchev–Trinajstić information content (AvgIpc) is 3.52. The highest BCUT2D eigenvalue weighted by Gasteiger charge is 2.77. The van der Waals surface area contributed by atoms with Crippen molar-refractivity contribution in [3.8, 4) is 5.75 Å². The summed E-state index contributed by atoms with van der Waals surface area (Å²) in [5.41, 5.74) is 1.08. The Morgan fingerprint density at radius 2 is 1.83 bits per heavy atom. The number of rotatable bonds is 10. The highest BCUT2D eigenvalue weighted by Crippen LogP contribution is 2.71. The van der Waals surface area contributed by atoms with Gasteiger partial charge in [-0.05, 0) is 69.0 Å². The Bertz CT molecular complexity index is 1330. The first-order valence-corrected chi connectivity index (χ1v) is 15.5. The lowest BCUT2D eigenvalue weighted by Crippen LogP contribution is -2.56. The van der Waals surface area contributed by atoms with Gasteiger partial charge in [-0.3, -0.25) is 14.4 Å². The van der Waals surface area contributed by atoms with Crippen LogP contribution in [-0.4, -0.2) is 62.5 Å². The van der Waals surface area contributed by atoms with Gasteiger partial charge in [0.15, 0.2) is 0 Å². The van der Waals surface area contributed by atoms with E-state index in [-0.39, 0.29) is 30.2 Å². The minimum atomic E-state index is -0.863. The van der Waals surface area contributed by atoms with Crippen molar-refractivity contribution in [2.24, 2.45) is 17.8 Å². The van der Waals surface area contributed by atoms with E-state index in [9.17, 15) is 19.5 Å². The van der Waals surface area contributed by atoms with E-state index in [4.69, 9.17) is 16.3 Å². The maximum atomic E-state index is 14.5. The number of amides is 3. The molecule has 3 saturated heterocycles. The molecule has 3 aliphatic heterocycles. The van der Waals surface area contributed by atoms with E-state index in [1.165, 1.54) is 0 Å². The van der Waals surface area contributed by atoms with Gasteiger partial charge in [0.25, 0.3) is 0 Å². The summed E-state index contributed by atoms with van der Waals surface area (Å²) in [5.74, 6) is -1.51. The standard InChI is InChI=1S/C31H38ClN3O5S/c1-5-18(3)23(17-36)35-26(28(38)34-22-10-8-7-9-21(22)32)31-16-15-30(4,41-31)24(25(31)29(35)39)27(37)33-19-11-13-20(14-12-19)40-6-2/h7-14,18,23-26,36H,5-6,15-17H2,1-4H3,(H,33,37)(H,34,38)/t18-,23-,24+,25-,26?,30-,31?/m0/s1. The average molecular weight is 600 g/mol. The summed E-state index contributed by atoms with van der Waals surface area (Å²) in [4.78, 5) is 44.2. The SMILES string of the molecule is CCOc1ccc(NC(=O)[C@H]2[C@H]3C(=O)N([C@@H](CO)[C@@H](C)CC)C(C(=O)Nc4ccccc4Cl)C34CC[C@]2(C)S4)cc1. The topological polar surface area (TPSA) is 108 Å². The number of nitrogens with zero attached hydrogens (tertiary/aromatic N) is 1. The molecular weight excluding hydrogens is 562 g/mol. The van der Waals surface area contributed by atoms with Crippen molar-refractivity contribution >= 4 is 52.5 Å². The summed E-state index contributed by atoms with van der Waals surface area (Å²) in [6, 6.07) is 12.7. The van der Waals surface area contributed by atoms with Gasteiger partial charge in [0.05, 0.1) is 46.5 Å². The highest BCUT2D eigenvalue weighted by molar-refractivity contribution is 8.02. The van der Waals surface area contributed by atoms with Crippen LogP contribution in [-0.2, 0) is 14.4 Å². The Kier molecular flexibility index (Phi) is 8.34. The third-order valence-electron chi connectivity index (χ3n) is 9.16. The molecule has 10 heteroatoms. The van der Waals surface area contributed by atoms with E-state index in [0.717, 1.165) is 6.42 Å². The lowest BCUT2D eigenvalue weighted by molar-refractivity contribution is -0.142. The number of para-hydroxylation sites is 1. The Hall–Kier alpha value is -2.75. The summed E-state index contributed by atoms with van der Waals surface area (Å²) >= 11 is 7.98. The summed E-state index contributed by atoms with van der Waals surface area (Å²) in [6.07, 6.45) is 2.03. The summed E-state index contributed by atoms with van der Waals surface area (Å²) in [5, 5.41) is 16.9. The molecule has 8 nitrogen and oxygen atoms in total. The third-order valence-corrected chi connectivity index (χ3v) is 11.5. The molecule has 41 heavy (non-hydrogen) atoms. The smallest absolute Gasteiger partial charge is 0.248 e. The molecule has 0 radical (unpaired) electrons. The molecule has 3 N–H and O–H groups in total. The minimum absolute atomic E-state index is 0.0521. The number of hydrogen-bond donors (Lipinski definition) is 3. The van der Waals surface area contributed by atoms with Crippen LogP contribution in [0.2, 0.25) is 5.02 Å².